The lowest BCUT2D eigenvalue weighted by Gasteiger charge is -2.29. The van der Waals surface area contributed by atoms with Gasteiger partial charge in [-0.1, -0.05) is 30.5 Å². The minimum atomic E-state index is -3.36. The van der Waals surface area contributed by atoms with E-state index < -0.39 is 10.0 Å². The monoisotopic (exact) mass is 374 g/mol. The van der Waals surface area contributed by atoms with Crippen LogP contribution < -0.4 is 4.72 Å². The molecular formula is C17H24ClFN2O2S. The molecule has 4 nitrogen and oxygen atoms in total. The second kappa shape index (κ2) is 7.68. The molecule has 7 heteroatoms. The van der Waals surface area contributed by atoms with Crippen molar-refractivity contribution in [2.75, 3.05) is 19.6 Å². The summed E-state index contributed by atoms with van der Waals surface area (Å²) in [4.78, 5) is 2.13. The van der Waals surface area contributed by atoms with E-state index in [9.17, 15) is 12.8 Å². The predicted molar refractivity (Wildman–Crippen MR) is 94.1 cm³/mol. The van der Waals surface area contributed by atoms with Gasteiger partial charge in [-0.15, -0.1) is 0 Å². The minimum Gasteiger partial charge on any atom is -0.295 e. The SMILES string of the molecule is O=S(=O)(NCC(c1c(F)cccc1Cl)N1CCCC1)C1CCCC1. The smallest absolute Gasteiger partial charge is 0.214 e. The number of nitrogens with zero attached hydrogens (tertiary/aromatic N) is 1. The van der Waals surface area contributed by atoms with E-state index in [4.69, 9.17) is 11.6 Å². The Morgan fingerprint density at radius 1 is 1.21 bits per heavy atom. The third kappa shape index (κ3) is 3.93. The van der Waals surface area contributed by atoms with Crippen LogP contribution in [-0.2, 0) is 10.0 Å². The maximum Gasteiger partial charge on any atom is 0.214 e. The van der Waals surface area contributed by atoms with Crippen molar-refractivity contribution in [1.82, 2.24) is 9.62 Å². The molecule has 1 heterocycles. The number of halogens is 2. The van der Waals surface area contributed by atoms with Crippen molar-refractivity contribution >= 4 is 21.6 Å². The zero-order valence-corrected chi connectivity index (χ0v) is 15.3. The van der Waals surface area contributed by atoms with Crippen LogP contribution in [0, 0.1) is 5.82 Å². The Kier molecular flexibility index (Phi) is 5.80. The second-order valence-electron chi connectivity index (χ2n) is 6.69. The Balaban J connectivity index is 1.80. The van der Waals surface area contributed by atoms with Crippen LogP contribution in [0.25, 0.3) is 0 Å². The van der Waals surface area contributed by atoms with Crippen molar-refractivity contribution in [2.45, 2.75) is 49.8 Å². The summed E-state index contributed by atoms with van der Waals surface area (Å²) in [7, 11) is -3.36. The highest BCUT2D eigenvalue weighted by Gasteiger charge is 2.32. The van der Waals surface area contributed by atoms with Crippen LogP contribution in [0.3, 0.4) is 0 Å². The van der Waals surface area contributed by atoms with Gasteiger partial charge in [0, 0.05) is 17.1 Å². The number of hydrogen-bond donors (Lipinski definition) is 1. The highest BCUT2D eigenvalue weighted by molar-refractivity contribution is 7.90. The molecule has 0 spiro atoms. The van der Waals surface area contributed by atoms with Crippen LogP contribution in [0.2, 0.25) is 5.02 Å². The molecule has 1 aromatic rings. The van der Waals surface area contributed by atoms with Gasteiger partial charge in [-0.2, -0.15) is 0 Å². The summed E-state index contributed by atoms with van der Waals surface area (Å²) in [6, 6.07) is 4.26. The summed E-state index contributed by atoms with van der Waals surface area (Å²) in [6.07, 6.45) is 5.42. The molecule has 2 aliphatic rings. The lowest BCUT2D eigenvalue weighted by Crippen LogP contribution is -2.40. The number of sulfonamides is 1. The minimum absolute atomic E-state index is 0.166. The van der Waals surface area contributed by atoms with Crippen LogP contribution in [0.15, 0.2) is 18.2 Å². The van der Waals surface area contributed by atoms with Crippen molar-refractivity contribution in [3.63, 3.8) is 0 Å². The molecule has 1 atom stereocenters. The lowest BCUT2D eigenvalue weighted by atomic mass is 10.0. The summed E-state index contributed by atoms with van der Waals surface area (Å²) >= 11 is 6.24. The fourth-order valence-corrected chi connectivity index (χ4v) is 5.68. The Hall–Kier alpha value is -0.690. The Morgan fingerprint density at radius 2 is 1.88 bits per heavy atom. The summed E-state index contributed by atoms with van der Waals surface area (Å²) in [5.41, 5.74) is 0.398. The first-order chi connectivity index (χ1) is 11.5. The van der Waals surface area contributed by atoms with E-state index in [1.54, 1.807) is 12.1 Å². The van der Waals surface area contributed by atoms with E-state index in [0.29, 0.717) is 23.4 Å². The number of hydrogen-bond acceptors (Lipinski definition) is 3. The topological polar surface area (TPSA) is 49.4 Å². The molecule has 0 aromatic heterocycles. The van der Waals surface area contributed by atoms with Crippen molar-refractivity contribution in [3.8, 4) is 0 Å². The van der Waals surface area contributed by atoms with Gasteiger partial charge in [-0.3, -0.25) is 4.90 Å². The Morgan fingerprint density at radius 3 is 2.50 bits per heavy atom. The van der Waals surface area contributed by atoms with Crippen molar-refractivity contribution in [3.05, 3.63) is 34.6 Å². The van der Waals surface area contributed by atoms with Crippen LogP contribution in [0.4, 0.5) is 4.39 Å². The molecular weight excluding hydrogens is 351 g/mol. The van der Waals surface area contributed by atoms with Gasteiger partial charge < -0.3 is 0 Å². The Bertz CT molecular complexity index is 651. The molecule has 1 saturated carbocycles. The van der Waals surface area contributed by atoms with Gasteiger partial charge in [-0.25, -0.2) is 17.5 Å². The molecule has 1 N–H and O–H groups in total. The lowest BCUT2D eigenvalue weighted by molar-refractivity contribution is 0.241. The van der Waals surface area contributed by atoms with Gasteiger partial charge in [-0.05, 0) is 50.9 Å². The first kappa shape index (κ1) is 18.1. The first-order valence-electron chi connectivity index (χ1n) is 8.65. The highest BCUT2D eigenvalue weighted by atomic mass is 35.5. The Labute approximate surface area is 148 Å². The van der Waals surface area contributed by atoms with Crippen LogP contribution in [0.5, 0.6) is 0 Å². The normalized spacial score (nSPS) is 21.4. The van der Waals surface area contributed by atoms with Crippen LogP contribution >= 0.6 is 11.6 Å². The second-order valence-corrected chi connectivity index (χ2v) is 9.15. The van der Waals surface area contributed by atoms with Gasteiger partial charge in [0.1, 0.15) is 5.82 Å². The molecule has 1 aliphatic carbocycles. The number of nitrogens with one attached hydrogen (secondary N) is 1. The van der Waals surface area contributed by atoms with Crippen molar-refractivity contribution in [1.29, 1.82) is 0 Å². The fourth-order valence-electron chi connectivity index (χ4n) is 3.81. The summed E-state index contributed by atoms with van der Waals surface area (Å²) in [6.45, 7) is 1.83. The van der Waals surface area contributed by atoms with Gasteiger partial charge in [0.15, 0.2) is 0 Å². The van der Waals surface area contributed by atoms with Crippen LogP contribution in [-0.4, -0.2) is 38.2 Å². The highest BCUT2D eigenvalue weighted by Crippen LogP contribution is 2.32. The van der Waals surface area contributed by atoms with E-state index in [1.807, 2.05) is 0 Å². The molecule has 2 fully saturated rings. The third-order valence-corrected chi connectivity index (χ3v) is 7.38. The molecule has 0 radical (unpaired) electrons. The van der Waals surface area contributed by atoms with Crippen molar-refractivity contribution in [2.24, 2.45) is 0 Å². The fraction of sp³-hybridized carbons (Fsp3) is 0.647. The standard InChI is InChI=1S/C17H24ClFN2O2S/c18-14-8-5-9-15(19)17(14)16(21-10-3-4-11-21)12-20-24(22,23)13-6-1-2-7-13/h5,8-9,13,16,20H,1-4,6-7,10-12H2. The number of benzene rings is 1. The molecule has 1 saturated heterocycles. The largest absolute Gasteiger partial charge is 0.295 e. The zero-order valence-electron chi connectivity index (χ0n) is 13.7. The zero-order chi connectivity index (χ0) is 17.2. The average Bonchev–Trinajstić information content (AvgIpc) is 3.23. The number of rotatable bonds is 6. The number of likely N-dealkylation sites (tertiary alicyclic amines) is 1. The molecule has 24 heavy (non-hydrogen) atoms. The van der Waals surface area contributed by atoms with Gasteiger partial charge >= 0.3 is 0 Å². The summed E-state index contributed by atoms with van der Waals surface area (Å²) in [5.74, 6) is -0.375. The van der Waals surface area contributed by atoms with E-state index in [2.05, 4.69) is 9.62 Å². The van der Waals surface area contributed by atoms with E-state index in [-0.39, 0.29) is 23.7 Å². The molecule has 1 aromatic carbocycles. The molecule has 0 bridgehead atoms. The van der Waals surface area contributed by atoms with Gasteiger partial charge in [0.05, 0.1) is 11.3 Å². The van der Waals surface area contributed by atoms with E-state index in [1.165, 1.54) is 6.07 Å². The molecule has 1 unspecified atom stereocenters. The first-order valence-corrected chi connectivity index (χ1v) is 10.6. The van der Waals surface area contributed by atoms with Crippen molar-refractivity contribution < 1.29 is 12.8 Å². The van der Waals surface area contributed by atoms with Gasteiger partial charge in [0.25, 0.3) is 0 Å². The third-order valence-electron chi connectivity index (χ3n) is 5.13. The summed E-state index contributed by atoms with van der Waals surface area (Å²) < 4.78 is 42.1. The molecule has 3 rings (SSSR count). The van der Waals surface area contributed by atoms with E-state index >= 15 is 0 Å². The average molecular weight is 375 g/mol. The van der Waals surface area contributed by atoms with Crippen LogP contribution in [0.1, 0.15) is 50.1 Å². The quantitative estimate of drug-likeness (QED) is 0.829. The predicted octanol–water partition coefficient (Wildman–Crippen LogP) is 3.48. The molecule has 0 amide bonds. The van der Waals surface area contributed by atoms with Gasteiger partial charge in [0.2, 0.25) is 10.0 Å². The molecule has 134 valence electrons. The summed E-state index contributed by atoms with van der Waals surface area (Å²) in [5, 5.41) is 0.0415. The van der Waals surface area contributed by atoms with E-state index in [0.717, 1.165) is 38.8 Å². The maximum absolute atomic E-state index is 14.4. The molecule has 1 aliphatic heterocycles. The maximum atomic E-state index is 14.4.